The lowest BCUT2D eigenvalue weighted by atomic mass is 9.86. The zero-order valence-electron chi connectivity index (χ0n) is 12.4. The van der Waals surface area contributed by atoms with E-state index in [4.69, 9.17) is 11.6 Å². The van der Waals surface area contributed by atoms with E-state index in [1.165, 1.54) is 19.3 Å². The van der Waals surface area contributed by atoms with Crippen LogP contribution in [0.25, 0.3) is 0 Å². The molecule has 0 aromatic rings. The second kappa shape index (κ2) is 7.52. The van der Waals surface area contributed by atoms with E-state index in [0.29, 0.717) is 11.6 Å². The van der Waals surface area contributed by atoms with Gasteiger partial charge in [-0.05, 0) is 25.2 Å². The third-order valence-electron chi connectivity index (χ3n) is 4.32. The normalized spacial score (nSPS) is 25.1. The monoisotopic (exact) mass is 272 g/mol. The van der Waals surface area contributed by atoms with Gasteiger partial charge in [0.25, 0.3) is 0 Å². The van der Waals surface area contributed by atoms with Gasteiger partial charge in [-0.3, -0.25) is 4.90 Å². The summed E-state index contributed by atoms with van der Waals surface area (Å²) in [5.41, 5.74) is 1.96. The SMILES string of the molecule is CCC1(CC)CNC(CC(C)C)CN1C/C=C/Cl. The fourth-order valence-electron chi connectivity index (χ4n) is 3.08. The molecule has 1 atom stereocenters. The van der Waals surface area contributed by atoms with Crippen LogP contribution in [-0.4, -0.2) is 36.1 Å². The van der Waals surface area contributed by atoms with Crippen molar-refractivity contribution >= 4 is 11.6 Å². The quantitative estimate of drug-likeness (QED) is 0.795. The van der Waals surface area contributed by atoms with E-state index in [1.807, 2.05) is 0 Å². The summed E-state index contributed by atoms with van der Waals surface area (Å²) >= 11 is 5.70. The molecule has 1 heterocycles. The molecule has 0 aromatic carbocycles. The van der Waals surface area contributed by atoms with Gasteiger partial charge in [0.15, 0.2) is 0 Å². The van der Waals surface area contributed by atoms with Crippen molar-refractivity contribution in [1.82, 2.24) is 10.2 Å². The van der Waals surface area contributed by atoms with Gasteiger partial charge in [-0.25, -0.2) is 0 Å². The fourth-order valence-corrected chi connectivity index (χ4v) is 3.16. The molecule has 1 aliphatic heterocycles. The van der Waals surface area contributed by atoms with Crippen LogP contribution in [0.4, 0.5) is 0 Å². The van der Waals surface area contributed by atoms with Crippen LogP contribution in [0.3, 0.4) is 0 Å². The standard InChI is InChI=1S/C15H29ClN2/c1-5-15(6-2)12-17-14(10-13(3)4)11-18(15)9-7-8-16/h7-8,13-14,17H,5-6,9-12H2,1-4H3/b8-7+. The summed E-state index contributed by atoms with van der Waals surface area (Å²) < 4.78 is 0. The van der Waals surface area contributed by atoms with Gasteiger partial charge in [0.2, 0.25) is 0 Å². The van der Waals surface area contributed by atoms with Gasteiger partial charge >= 0.3 is 0 Å². The molecule has 3 heteroatoms. The Morgan fingerprint density at radius 2 is 2.06 bits per heavy atom. The molecule has 1 N–H and O–H groups in total. The highest BCUT2D eigenvalue weighted by Gasteiger charge is 2.38. The Balaban J connectivity index is 2.71. The van der Waals surface area contributed by atoms with Crippen molar-refractivity contribution in [2.24, 2.45) is 5.92 Å². The summed E-state index contributed by atoms with van der Waals surface area (Å²) in [6.07, 6.45) is 5.71. The molecule has 106 valence electrons. The molecule has 1 fully saturated rings. The van der Waals surface area contributed by atoms with E-state index in [1.54, 1.807) is 5.54 Å². The zero-order chi connectivity index (χ0) is 13.6. The van der Waals surface area contributed by atoms with Gasteiger partial charge in [0.05, 0.1) is 0 Å². The lowest BCUT2D eigenvalue weighted by Gasteiger charge is -2.49. The molecule has 0 saturated carbocycles. The highest BCUT2D eigenvalue weighted by molar-refractivity contribution is 6.25. The smallest absolute Gasteiger partial charge is 0.0332 e. The molecule has 0 amide bonds. The number of nitrogens with one attached hydrogen (secondary N) is 1. The minimum Gasteiger partial charge on any atom is -0.311 e. The maximum Gasteiger partial charge on any atom is 0.0332 e. The highest BCUT2D eigenvalue weighted by Crippen LogP contribution is 2.28. The molecule has 1 saturated heterocycles. The Kier molecular flexibility index (Phi) is 6.68. The molecule has 1 unspecified atom stereocenters. The van der Waals surface area contributed by atoms with E-state index in [-0.39, 0.29) is 0 Å². The Bertz CT molecular complexity index is 259. The highest BCUT2D eigenvalue weighted by atomic mass is 35.5. The summed E-state index contributed by atoms with van der Waals surface area (Å²) in [4.78, 5) is 2.62. The van der Waals surface area contributed by atoms with Crippen LogP contribution < -0.4 is 5.32 Å². The van der Waals surface area contributed by atoms with E-state index >= 15 is 0 Å². The van der Waals surface area contributed by atoms with Crippen LogP contribution in [0.5, 0.6) is 0 Å². The van der Waals surface area contributed by atoms with Gasteiger partial charge in [0, 0.05) is 36.8 Å². The first-order valence-electron chi connectivity index (χ1n) is 7.31. The average molecular weight is 273 g/mol. The first kappa shape index (κ1) is 16.0. The van der Waals surface area contributed by atoms with Crippen molar-refractivity contribution in [3.05, 3.63) is 11.6 Å². The van der Waals surface area contributed by atoms with E-state index in [2.05, 4.69) is 44.0 Å². The summed E-state index contributed by atoms with van der Waals surface area (Å²) in [5.74, 6) is 0.753. The van der Waals surface area contributed by atoms with E-state index < -0.39 is 0 Å². The summed E-state index contributed by atoms with van der Waals surface area (Å²) in [6, 6.07) is 0.625. The number of nitrogens with zero attached hydrogens (tertiary/aromatic N) is 1. The van der Waals surface area contributed by atoms with Gasteiger partial charge < -0.3 is 5.32 Å². The number of piperazine rings is 1. The molecule has 0 bridgehead atoms. The van der Waals surface area contributed by atoms with Gasteiger partial charge in [-0.2, -0.15) is 0 Å². The maximum absolute atomic E-state index is 5.70. The predicted octanol–water partition coefficient (Wildman–Crippen LogP) is 3.62. The van der Waals surface area contributed by atoms with Crippen molar-refractivity contribution in [3.8, 4) is 0 Å². The second-order valence-corrected chi connectivity index (χ2v) is 6.16. The van der Waals surface area contributed by atoms with Gasteiger partial charge in [0.1, 0.15) is 0 Å². The molecule has 0 aromatic heterocycles. The third kappa shape index (κ3) is 3.97. The molecule has 18 heavy (non-hydrogen) atoms. The minimum absolute atomic E-state index is 0.309. The minimum atomic E-state index is 0.309. The molecule has 0 aliphatic carbocycles. The number of hydrogen-bond acceptors (Lipinski definition) is 2. The summed E-state index contributed by atoms with van der Waals surface area (Å²) in [7, 11) is 0. The van der Waals surface area contributed by atoms with Crippen LogP contribution >= 0.6 is 11.6 Å². The molecule has 1 rings (SSSR count). The molecule has 0 spiro atoms. The van der Waals surface area contributed by atoms with Crippen LogP contribution in [0, 0.1) is 5.92 Å². The lowest BCUT2D eigenvalue weighted by Crippen LogP contribution is -2.64. The van der Waals surface area contributed by atoms with Crippen LogP contribution in [0.1, 0.15) is 47.0 Å². The number of hydrogen-bond donors (Lipinski definition) is 1. The fraction of sp³-hybridized carbons (Fsp3) is 0.867. The predicted molar refractivity (Wildman–Crippen MR) is 81.1 cm³/mol. The van der Waals surface area contributed by atoms with E-state index in [0.717, 1.165) is 25.6 Å². The summed E-state index contributed by atoms with van der Waals surface area (Å²) in [6.45, 7) is 12.4. The largest absolute Gasteiger partial charge is 0.311 e. The van der Waals surface area contributed by atoms with Gasteiger partial charge in [-0.15, -0.1) is 0 Å². The molecular formula is C15H29ClN2. The van der Waals surface area contributed by atoms with Crippen LogP contribution in [0.15, 0.2) is 11.6 Å². The third-order valence-corrected chi connectivity index (χ3v) is 4.50. The van der Waals surface area contributed by atoms with E-state index in [9.17, 15) is 0 Å². The summed E-state index contributed by atoms with van der Waals surface area (Å²) in [5, 5.41) is 3.75. The first-order valence-corrected chi connectivity index (χ1v) is 7.75. The van der Waals surface area contributed by atoms with Crippen LogP contribution in [-0.2, 0) is 0 Å². The average Bonchev–Trinajstić information content (AvgIpc) is 2.36. The molecule has 1 aliphatic rings. The second-order valence-electron chi connectivity index (χ2n) is 5.91. The van der Waals surface area contributed by atoms with Crippen molar-refractivity contribution in [2.45, 2.75) is 58.5 Å². The Hall–Kier alpha value is -0.0500. The lowest BCUT2D eigenvalue weighted by molar-refractivity contribution is 0.0380. The Labute approximate surface area is 118 Å². The maximum atomic E-state index is 5.70. The van der Waals surface area contributed by atoms with Crippen molar-refractivity contribution in [2.75, 3.05) is 19.6 Å². The number of halogens is 1. The number of rotatable bonds is 6. The first-order chi connectivity index (χ1) is 8.57. The van der Waals surface area contributed by atoms with Gasteiger partial charge in [-0.1, -0.05) is 45.4 Å². The van der Waals surface area contributed by atoms with Crippen molar-refractivity contribution in [1.29, 1.82) is 0 Å². The molecular weight excluding hydrogens is 244 g/mol. The molecule has 0 radical (unpaired) electrons. The Morgan fingerprint density at radius 3 is 2.56 bits per heavy atom. The molecule has 2 nitrogen and oxygen atoms in total. The Morgan fingerprint density at radius 1 is 1.39 bits per heavy atom. The van der Waals surface area contributed by atoms with Crippen molar-refractivity contribution in [3.63, 3.8) is 0 Å². The van der Waals surface area contributed by atoms with Crippen LogP contribution in [0.2, 0.25) is 0 Å². The van der Waals surface area contributed by atoms with Crippen molar-refractivity contribution < 1.29 is 0 Å². The zero-order valence-corrected chi connectivity index (χ0v) is 13.1. The topological polar surface area (TPSA) is 15.3 Å².